The largest absolute Gasteiger partial charge is 0.383 e. The fourth-order valence-corrected chi connectivity index (χ4v) is 4.30. The lowest BCUT2D eigenvalue weighted by Gasteiger charge is -2.12. The summed E-state index contributed by atoms with van der Waals surface area (Å²) in [7, 11) is 1.73. The standard InChI is InChI=1S/C15H22BrNOS/c1-18-9-8-17-11-12-6-7-15(14(16)10-12)19-13-4-2-3-5-13/h6-7,10,13,17H,2-5,8-9,11H2,1H3. The van der Waals surface area contributed by atoms with E-state index in [0.717, 1.165) is 24.9 Å². The predicted molar refractivity (Wildman–Crippen MR) is 85.8 cm³/mol. The molecule has 2 nitrogen and oxygen atoms in total. The molecule has 0 heterocycles. The van der Waals surface area contributed by atoms with Crippen LogP contribution in [0.25, 0.3) is 0 Å². The number of rotatable bonds is 7. The first-order valence-electron chi connectivity index (χ1n) is 6.94. The van der Waals surface area contributed by atoms with Crippen LogP contribution in [0.3, 0.4) is 0 Å². The van der Waals surface area contributed by atoms with Gasteiger partial charge in [-0.1, -0.05) is 18.9 Å². The van der Waals surface area contributed by atoms with Gasteiger partial charge in [0.2, 0.25) is 0 Å². The molecular formula is C15H22BrNOS. The van der Waals surface area contributed by atoms with E-state index in [1.807, 2.05) is 11.8 Å². The molecule has 106 valence electrons. The second-order valence-electron chi connectivity index (χ2n) is 4.96. The Balaban J connectivity index is 1.85. The highest BCUT2D eigenvalue weighted by Gasteiger charge is 2.17. The van der Waals surface area contributed by atoms with Crippen LogP contribution < -0.4 is 5.32 Å². The van der Waals surface area contributed by atoms with Crippen LogP contribution in [0.1, 0.15) is 31.2 Å². The van der Waals surface area contributed by atoms with Crippen LogP contribution in [-0.4, -0.2) is 25.5 Å². The maximum absolute atomic E-state index is 5.02. The molecule has 1 aromatic rings. The highest BCUT2D eigenvalue weighted by atomic mass is 79.9. The van der Waals surface area contributed by atoms with Gasteiger partial charge in [0.05, 0.1) is 6.61 Å². The van der Waals surface area contributed by atoms with E-state index in [2.05, 4.69) is 39.4 Å². The van der Waals surface area contributed by atoms with Crippen molar-refractivity contribution in [1.82, 2.24) is 5.32 Å². The average molecular weight is 344 g/mol. The van der Waals surface area contributed by atoms with Crippen LogP contribution in [0.2, 0.25) is 0 Å². The molecule has 0 aromatic heterocycles. The Hall–Kier alpha value is -0.0300. The lowest BCUT2D eigenvalue weighted by Crippen LogP contribution is -2.18. The van der Waals surface area contributed by atoms with Gasteiger partial charge in [0.25, 0.3) is 0 Å². The molecule has 19 heavy (non-hydrogen) atoms. The minimum atomic E-state index is 0.761. The van der Waals surface area contributed by atoms with Crippen molar-refractivity contribution in [3.05, 3.63) is 28.2 Å². The summed E-state index contributed by atoms with van der Waals surface area (Å²) in [5, 5.41) is 4.19. The Morgan fingerprint density at radius 3 is 2.84 bits per heavy atom. The van der Waals surface area contributed by atoms with Gasteiger partial charge >= 0.3 is 0 Å². The van der Waals surface area contributed by atoms with E-state index in [0.29, 0.717) is 0 Å². The summed E-state index contributed by atoms with van der Waals surface area (Å²) >= 11 is 5.73. The van der Waals surface area contributed by atoms with E-state index in [9.17, 15) is 0 Å². The van der Waals surface area contributed by atoms with Crippen molar-refractivity contribution >= 4 is 27.7 Å². The number of hydrogen-bond acceptors (Lipinski definition) is 3. The summed E-state index contributed by atoms with van der Waals surface area (Å²) in [5.74, 6) is 0. The number of hydrogen-bond donors (Lipinski definition) is 1. The summed E-state index contributed by atoms with van der Waals surface area (Å²) in [6, 6.07) is 6.71. The van der Waals surface area contributed by atoms with Crippen LogP contribution >= 0.6 is 27.7 Å². The summed E-state index contributed by atoms with van der Waals surface area (Å²) in [4.78, 5) is 1.38. The molecule has 0 amide bonds. The number of ether oxygens (including phenoxy) is 1. The fourth-order valence-electron chi connectivity index (χ4n) is 2.34. The third kappa shape index (κ3) is 5.10. The van der Waals surface area contributed by atoms with Crippen molar-refractivity contribution < 1.29 is 4.74 Å². The first kappa shape index (κ1) is 15.4. The van der Waals surface area contributed by atoms with Crippen LogP contribution in [0.5, 0.6) is 0 Å². The second kappa shape index (κ2) is 8.30. The van der Waals surface area contributed by atoms with Gasteiger partial charge in [0.1, 0.15) is 0 Å². The van der Waals surface area contributed by atoms with Gasteiger partial charge in [0, 0.05) is 34.8 Å². The quantitative estimate of drug-likeness (QED) is 0.749. The Bertz CT molecular complexity index is 394. The summed E-state index contributed by atoms with van der Waals surface area (Å²) < 4.78 is 6.25. The zero-order valence-corrected chi connectivity index (χ0v) is 13.9. The molecule has 0 aliphatic heterocycles. The molecule has 0 unspecified atom stereocenters. The smallest absolute Gasteiger partial charge is 0.0587 e. The molecule has 1 saturated carbocycles. The second-order valence-corrected chi connectivity index (χ2v) is 7.16. The monoisotopic (exact) mass is 343 g/mol. The third-order valence-corrected chi connectivity index (χ3v) is 5.74. The minimum absolute atomic E-state index is 0.761. The molecule has 0 bridgehead atoms. The van der Waals surface area contributed by atoms with Crippen molar-refractivity contribution in [3.63, 3.8) is 0 Å². The molecule has 0 saturated heterocycles. The zero-order chi connectivity index (χ0) is 13.5. The first-order chi connectivity index (χ1) is 9.29. The van der Waals surface area contributed by atoms with Crippen LogP contribution in [0, 0.1) is 0 Å². The van der Waals surface area contributed by atoms with E-state index >= 15 is 0 Å². The molecule has 4 heteroatoms. The average Bonchev–Trinajstić information content (AvgIpc) is 2.91. The number of methoxy groups -OCH3 is 1. The van der Waals surface area contributed by atoms with Crippen LogP contribution in [0.15, 0.2) is 27.6 Å². The topological polar surface area (TPSA) is 21.3 Å². The number of thioether (sulfide) groups is 1. The van der Waals surface area contributed by atoms with E-state index < -0.39 is 0 Å². The van der Waals surface area contributed by atoms with Crippen molar-refractivity contribution in [3.8, 4) is 0 Å². The van der Waals surface area contributed by atoms with Gasteiger partial charge in [-0.2, -0.15) is 0 Å². The van der Waals surface area contributed by atoms with E-state index in [1.54, 1.807) is 7.11 Å². The van der Waals surface area contributed by atoms with Crippen LogP contribution in [-0.2, 0) is 11.3 Å². The van der Waals surface area contributed by atoms with Crippen molar-refractivity contribution in [1.29, 1.82) is 0 Å². The zero-order valence-electron chi connectivity index (χ0n) is 11.5. The van der Waals surface area contributed by atoms with Crippen molar-refractivity contribution in [2.24, 2.45) is 0 Å². The Labute approximate surface area is 128 Å². The molecular weight excluding hydrogens is 322 g/mol. The Morgan fingerprint density at radius 2 is 2.16 bits per heavy atom. The third-order valence-electron chi connectivity index (χ3n) is 3.40. The predicted octanol–water partition coefficient (Wildman–Crippen LogP) is 4.22. The maximum atomic E-state index is 5.02. The number of nitrogens with one attached hydrogen (secondary N) is 1. The normalized spacial score (nSPS) is 16.1. The lowest BCUT2D eigenvalue weighted by molar-refractivity contribution is 0.199. The van der Waals surface area contributed by atoms with E-state index in [4.69, 9.17) is 4.74 Å². The highest BCUT2D eigenvalue weighted by Crippen LogP contribution is 2.38. The first-order valence-corrected chi connectivity index (χ1v) is 8.61. The Kier molecular flexibility index (Phi) is 6.71. The van der Waals surface area contributed by atoms with Gasteiger partial charge in [0.15, 0.2) is 0 Å². The molecule has 1 aliphatic carbocycles. The molecule has 2 rings (SSSR count). The lowest BCUT2D eigenvalue weighted by atomic mass is 10.2. The van der Waals surface area contributed by atoms with Gasteiger partial charge < -0.3 is 10.1 Å². The molecule has 0 spiro atoms. The van der Waals surface area contributed by atoms with E-state index in [-0.39, 0.29) is 0 Å². The SMILES string of the molecule is COCCNCc1ccc(SC2CCCC2)c(Br)c1. The molecule has 1 aromatic carbocycles. The minimum Gasteiger partial charge on any atom is -0.383 e. The van der Waals surface area contributed by atoms with Crippen molar-refractivity contribution in [2.75, 3.05) is 20.3 Å². The highest BCUT2D eigenvalue weighted by molar-refractivity contribution is 9.10. The summed E-state index contributed by atoms with van der Waals surface area (Å²) in [5.41, 5.74) is 1.32. The molecule has 1 aliphatic rings. The molecule has 1 N–H and O–H groups in total. The van der Waals surface area contributed by atoms with Gasteiger partial charge in [-0.3, -0.25) is 0 Å². The Morgan fingerprint density at radius 1 is 1.37 bits per heavy atom. The number of halogens is 1. The van der Waals surface area contributed by atoms with Gasteiger partial charge in [-0.05, 0) is 46.5 Å². The summed E-state index contributed by atoms with van der Waals surface area (Å²) in [6.07, 6.45) is 5.54. The van der Waals surface area contributed by atoms with Crippen LogP contribution in [0.4, 0.5) is 0 Å². The maximum Gasteiger partial charge on any atom is 0.0587 e. The number of benzene rings is 1. The van der Waals surface area contributed by atoms with Gasteiger partial charge in [-0.15, -0.1) is 11.8 Å². The molecule has 0 radical (unpaired) electrons. The molecule has 1 fully saturated rings. The summed E-state index contributed by atoms with van der Waals surface area (Å²) in [6.45, 7) is 2.56. The van der Waals surface area contributed by atoms with Crippen molar-refractivity contribution in [2.45, 2.75) is 42.4 Å². The fraction of sp³-hybridized carbons (Fsp3) is 0.600. The van der Waals surface area contributed by atoms with E-state index in [1.165, 1.54) is 40.6 Å². The molecule has 0 atom stereocenters. The van der Waals surface area contributed by atoms with Gasteiger partial charge in [-0.25, -0.2) is 0 Å².